The van der Waals surface area contributed by atoms with E-state index in [1.54, 1.807) is 0 Å². The van der Waals surface area contributed by atoms with Gasteiger partial charge < -0.3 is 10.2 Å². The summed E-state index contributed by atoms with van der Waals surface area (Å²) >= 11 is 0. The predicted octanol–water partition coefficient (Wildman–Crippen LogP) is 3.30. The van der Waals surface area contributed by atoms with E-state index in [1.807, 2.05) is 4.90 Å². The Morgan fingerprint density at radius 2 is 1.95 bits per heavy atom. The summed E-state index contributed by atoms with van der Waals surface area (Å²) in [5.41, 5.74) is 2.72. The molecule has 0 bridgehead atoms. The molecule has 1 aliphatic rings. The molecular formula is C18H28N2O. The molecular weight excluding hydrogens is 260 g/mol. The fraction of sp³-hybridized carbons (Fsp3) is 0.611. The lowest BCUT2D eigenvalue weighted by molar-refractivity contribution is -0.127. The van der Waals surface area contributed by atoms with Crippen LogP contribution in [-0.4, -0.2) is 29.9 Å². The first-order chi connectivity index (χ1) is 10.1. The van der Waals surface area contributed by atoms with Gasteiger partial charge in [-0.1, -0.05) is 38.1 Å². The molecule has 0 saturated carbocycles. The van der Waals surface area contributed by atoms with Crippen molar-refractivity contribution in [3.05, 3.63) is 35.4 Å². The van der Waals surface area contributed by atoms with Crippen molar-refractivity contribution >= 4 is 5.91 Å². The molecule has 0 aromatic heterocycles. The number of likely N-dealkylation sites (tertiary alicyclic amines) is 1. The maximum Gasteiger partial charge on any atom is 0.222 e. The number of benzene rings is 1. The largest absolute Gasteiger partial charge is 0.341 e. The van der Waals surface area contributed by atoms with E-state index in [9.17, 15) is 4.79 Å². The lowest BCUT2D eigenvalue weighted by Crippen LogP contribution is -2.41. The smallest absolute Gasteiger partial charge is 0.222 e. The van der Waals surface area contributed by atoms with Gasteiger partial charge in [-0.25, -0.2) is 0 Å². The Hall–Kier alpha value is -1.35. The van der Waals surface area contributed by atoms with E-state index in [-0.39, 0.29) is 0 Å². The Labute approximate surface area is 128 Å². The van der Waals surface area contributed by atoms with E-state index in [2.05, 4.69) is 50.4 Å². The molecule has 2 unspecified atom stereocenters. The third-order valence-corrected chi connectivity index (χ3v) is 4.35. The molecule has 21 heavy (non-hydrogen) atoms. The first-order valence-corrected chi connectivity index (χ1v) is 8.26. The molecule has 1 fully saturated rings. The Balaban J connectivity index is 1.92. The summed E-state index contributed by atoms with van der Waals surface area (Å²) in [5, 5.41) is 3.67. The maximum absolute atomic E-state index is 11.7. The molecule has 0 aliphatic carbocycles. The van der Waals surface area contributed by atoms with Crippen molar-refractivity contribution in [2.75, 3.05) is 13.1 Å². The van der Waals surface area contributed by atoms with Crippen LogP contribution in [0.5, 0.6) is 0 Å². The Kier molecular flexibility index (Phi) is 5.80. The molecule has 116 valence electrons. The molecule has 1 saturated heterocycles. The van der Waals surface area contributed by atoms with Gasteiger partial charge in [0.25, 0.3) is 0 Å². The molecule has 1 N–H and O–H groups in total. The normalized spacial score (nSPS) is 18.0. The third-order valence-electron chi connectivity index (χ3n) is 4.35. The summed E-state index contributed by atoms with van der Waals surface area (Å²) in [6, 6.07) is 9.58. The third kappa shape index (κ3) is 4.31. The fourth-order valence-corrected chi connectivity index (χ4v) is 3.06. The van der Waals surface area contributed by atoms with Crippen LogP contribution in [0, 0.1) is 0 Å². The van der Waals surface area contributed by atoms with Crippen molar-refractivity contribution in [1.29, 1.82) is 0 Å². The quantitative estimate of drug-likeness (QED) is 0.835. The van der Waals surface area contributed by atoms with E-state index in [0.717, 1.165) is 38.8 Å². The van der Waals surface area contributed by atoms with Crippen LogP contribution in [0.1, 0.15) is 57.2 Å². The zero-order valence-electron chi connectivity index (χ0n) is 13.6. The van der Waals surface area contributed by atoms with Crippen LogP contribution in [0.15, 0.2) is 24.3 Å². The average molecular weight is 288 g/mol. The SMILES string of the molecule is CCc1ccc(C(CC)NC(C)CN2CCCC2=O)cc1. The van der Waals surface area contributed by atoms with Crippen LogP contribution in [0.25, 0.3) is 0 Å². The minimum atomic E-state index is 0.309. The summed E-state index contributed by atoms with van der Waals surface area (Å²) in [5.74, 6) is 0.309. The number of carbonyl (C=O) groups is 1. The van der Waals surface area contributed by atoms with Crippen LogP contribution in [0.4, 0.5) is 0 Å². The standard InChI is InChI=1S/C18H28N2O/c1-4-15-8-10-16(11-9-15)17(5-2)19-14(3)13-20-12-6-7-18(20)21/h8-11,14,17,19H,4-7,12-13H2,1-3H3. The van der Waals surface area contributed by atoms with Gasteiger partial charge in [0.2, 0.25) is 5.91 Å². The molecule has 2 rings (SSSR count). The molecule has 3 heteroatoms. The molecule has 1 aromatic carbocycles. The van der Waals surface area contributed by atoms with Crippen LogP contribution in [-0.2, 0) is 11.2 Å². The molecule has 0 radical (unpaired) electrons. The fourth-order valence-electron chi connectivity index (χ4n) is 3.06. The van der Waals surface area contributed by atoms with Crippen LogP contribution in [0.3, 0.4) is 0 Å². The lowest BCUT2D eigenvalue weighted by Gasteiger charge is -2.26. The van der Waals surface area contributed by atoms with Crippen molar-refractivity contribution < 1.29 is 4.79 Å². The van der Waals surface area contributed by atoms with Crippen LogP contribution < -0.4 is 5.32 Å². The Bertz CT molecular complexity index is 455. The topological polar surface area (TPSA) is 32.3 Å². The number of rotatable bonds is 7. The van der Waals surface area contributed by atoms with Gasteiger partial charge in [-0.05, 0) is 37.3 Å². The molecule has 1 aromatic rings. The molecule has 1 heterocycles. The molecule has 3 nitrogen and oxygen atoms in total. The second-order valence-electron chi connectivity index (χ2n) is 6.07. The number of nitrogens with zero attached hydrogens (tertiary/aromatic N) is 1. The van der Waals surface area contributed by atoms with Crippen molar-refractivity contribution in [2.45, 2.75) is 58.5 Å². The zero-order valence-corrected chi connectivity index (χ0v) is 13.6. The van der Waals surface area contributed by atoms with Gasteiger partial charge in [-0.2, -0.15) is 0 Å². The molecule has 2 atom stereocenters. The second kappa shape index (κ2) is 7.60. The highest BCUT2D eigenvalue weighted by atomic mass is 16.2. The van der Waals surface area contributed by atoms with Crippen molar-refractivity contribution in [1.82, 2.24) is 10.2 Å². The van der Waals surface area contributed by atoms with Gasteiger partial charge in [0, 0.05) is 31.6 Å². The second-order valence-corrected chi connectivity index (χ2v) is 6.07. The summed E-state index contributed by atoms with van der Waals surface area (Å²) in [4.78, 5) is 13.7. The van der Waals surface area contributed by atoms with E-state index >= 15 is 0 Å². The van der Waals surface area contributed by atoms with Gasteiger partial charge in [0.1, 0.15) is 0 Å². The zero-order chi connectivity index (χ0) is 15.2. The lowest BCUT2D eigenvalue weighted by atomic mass is 10.0. The molecule has 1 aliphatic heterocycles. The first kappa shape index (κ1) is 16.0. The van der Waals surface area contributed by atoms with E-state index < -0.39 is 0 Å². The summed E-state index contributed by atoms with van der Waals surface area (Å²) in [6.07, 6.45) is 3.88. The number of nitrogens with one attached hydrogen (secondary N) is 1. The molecule has 1 amide bonds. The highest BCUT2D eigenvalue weighted by Gasteiger charge is 2.22. The van der Waals surface area contributed by atoms with E-state index in [1.165, 1.54) is 11.1 Å². The first-order valence-electron chi connectivity index (χ1n) is 8.26. The van der Waals surface area contributed by atoms with Gasteiger partial charge in [-0.3, -0.25) is 4.79 Å². The van der Waals surface area contributed by atoms with E-state index in [4.69, 9.17) is 0 Å². The Morgan fingerprint density at radius 1 is 1.24 bits per heavy atom. The van der Waals surface area contributed by atoms with Crippen molar-refractivity contribution in [3.63, 3.8) is 0 Å². The minimum absolute atomic E-state index is 0.309. The number of carbonyl (C=O) groups excluding carboxylic acids is 1. The van der Waals surface area contributed by atoms with E-state index in [0.29, 0.717) is 18.0 Å². The van der Waals surface area contributed by atoms with Gasteiger partial charge in [0.05, 0.1) is 0 Å². The summed E-state index contributed by atoms with van der Waals surface area (Å²) in [7, 11) is 0. The number of amides is 1. The average Bonchev–Trinajstić information content (AvgIpc) is 2.90. The minimum Gasteiger partial charge on any atom is -0.341 e. The van der Waals surface area contributed by atoms with Crippen molar-refractivity contribution in [2.24, 2.45) is 0 Å². The summed E-state index contributed by atoms with van der Waals surface area (Å²) < 4.78 is 0. The maximum atomic E-state index is 11.7. The van der Waals surface area contributed by atoms with Crippen LogP contribution >= 0.6 is 0 Å². The number of hydrogen-bond donors (Lipinski definition) is 1. The van der Waals surface area contributed by atoms with Crippen LogP contribution in [0.2, 0.25) is 0 Å². The predicted molar refractivity (Wildman–Crippen MR) is 87.3 cm³/mol. The van der Waals surface area contributed by atoms with Crippen molar-refractivity contribution in [3.8, 4) is 0 Å². The number of aryl methyl sites for hydroxylation is 1. The molecule has 0 spiro atoms. The monoisotopic (exact) mass is 288 g/mol. The Morgan fingerprint density at radius 3 is 2.48 bits per heavy atom. The van der Waals surface area contributed by atoms with Gasteiger partial charge in [-0.15, -0.1) is 0 Å². The van der Waals surface area contributed by atoms with Gasteiger partial charge >= 0.3 is 0 Å². The van der Waals surface area contributed by atoms with Gasteiger partial charge in [0.15, 0.2) is 0 Å². The number of hydrogen-bond acceptors (Lipinski definition) is 2. The summed E-state index contributed by atoms with van der Waals surface area (Å²) in [6.45, 7) is 8.31. The highest BCUT2D eigenvalue weighted by Crippen LogP contribution is 2.19. The highest BCUT2D eigenvalue weighted by molar-refractivity contribution is 5.78.